The average Bonchev–Trinajstić information content (AvgIpc) is 2.98. The van der Waals surface area contributed by atoms with E-state index in [-0.39, 0.29) is 0 Å². The molecule has 0 spiro atoms. The zero-order chi connectivity index (χ0) is 30.8. The molecule has 0 radical (unpaired) electrons. The Morgan fingerprint density at radius 3 is 0.306 bits per heavy atom. The molecule has 0 aliphatic carbocycles. The van der Waals surface area contributed by atoms with Gasteiger partial charge in [-0.1, -0.05) is 83.1 Å². The molecule has 248 valence electrons. The van der Waals surface area contributed by atoms with Crippen LogP contribution in [0.3, 0.4) is 0 Å². The molecular weight excluding hydrogens is 1350 g/mol. The molecule has 0 saturated carbocycles. The predicted octanol–water partition coefficient (Wildman–Crippen LogP) is 13.6. The van der Waals surface area contributed by atoms with Crippen LogP contribution in [0.4, 0.5) is 0 Å². The van der Waals surface area contributed by atoms with Crippen LogP contribution < -0.4 is 0 Å². The van der Waals surface area contributed by atoms with Gasteiger partial charge in [-0.2, -0.15) is 0 Å². The second-order valence-electron chi connectivity index (χ2n) is 6.48. The molecule has 12 heteroatoms. The summed E-state index contributed by atoms with van der Waals surface area (Å²) in [4.78, 5) is 0. The van der Waals surface area contributed by atoms with E-state index in [0.29, 0.717) is 31.7 Å². The van der Waals surface area contributed by atoms with E-state index >= 15 is 0 Å². The third-order valence-electron chi connectivity index (χ3n) is 5.37. The van der Waals surface area contributed by atoms with Gasteiger partial charge in [0.15, 0.2) is 0 Å². The van der Waals surface area contributed by atoms with E-state index in [1.54, 1.807) is 0 Å². The van der Waals surface area contributed by atoms with Crippen LogP contribution in [0, 0.1) is 0 Å². The van der Waals surface area contributed by atoms with Crippen molar-refractivity contribution in [3.8, 4) is 0 Å². The van der Waals surface area contributed by atoms with E-state index in [0.717, 1.165) is 0 Å². The number of rotatable bonds is 12. The van der Waals surface area contributed by atoms with Gasteiger partial charge in [0.1, 0.15) is 0 Å². The summed E-state index contributed by atoms with van der Waals surface area (Å²) < 4.78 is 0. The van der Waals surface area contributed by atoms with Crippen LogP contribution >= 0.6 is 108 Å². The standard InChI is InChI=1S/4C6H15P.4Ag.4HI/c4*1-4-7(5-2)6-3;;;;;;;;/h4*4-6H2,1-3H3;;;;;4*1H/q;;;;4*+1;;;;/p-4. The van der Waals surface area contributed by atoms with Gasteiger partial charge in [0, 0.05) is 0 Å². The van der Waals surface area contributed by atoms with Gasteiger partial charge in [0.05, 0.1) is 0 Å². The number of halogens is 4. The molecule has 0 saturated heterocycles. The SMILES string of the molecule is CCP(CC)CC.CCP(CC)CC.CCP(CC)CC.CCP(CC)CC.[Ag][I].[Ag][I].[Ag][I].[Ag][I]. The third kappa shape index (κ3) is 68.7. The Balaban J connectivity index is -0.0000000441. The first kappa shape index (κ1) is 62.4. The van der Waals surface area contributed by atoms with E-state index in [1.165, 1.54) is 73.9 Å². The minimum atomic E-state index is 0.446. The van der Waals surface area contributed by atoms with Crippen LogP contribution in [0.1, 0.15) is 83.1 Å². The molecule has 0 atom stereocenters. The quantitative estimate of drug-likeness (QED) is 0.104. The van der Waals surface area contributed by atoms with E-state index in [4.69, 9.17) is 0 Å². The Kier molecular flexibility index (Phi) is 128. The first-order valence-electron chi connectivity index (χ1n) is 12.7. The first-order chi connectivity index (χ1) is 17.4. The maximum absolute atomic E-state index is 2.92. The van der Waals surface area contributed by atoms with E-state index < -0.39 is 0 Å². The molecule has 0 aliphatic rings. The summed E-state index contributed by atoms with van der Waals surface area (Å²) in [5.41, 5.74) is 0. The van der Waals surface area contributed by atoms with Crippen LogP contribution in [0.25, 0.3) is 0 Å². The summed E-state index contributed by atoms with van der Waals surface area (Å²) in [6.45, 7) is 27.5. The predicted molar refractivity (Wildman–Crippen MR) is 210 cm³/mol. The van der Waals surface area contributed by atoms with Gasteiger partial charge in [-0.25, -0.2) is 0 Å². The summed E-state index contributed by atoms with van der Waals surface area (Å²) in [5, 5.41) is 0. The van der Waals surface area contributed by atoms with Gasteiger partial charge in [-0.05, 0) is 73.9 Å². The fourth-order valence-electron chi connectivity index (χ4n) is 2.68. The molecule has 0 rings (SSSR count). The molecule has 0 aromatic rings. The molecule has 0 N–H and O–H groups in total. The summed E-state index contributed by atoms with van der Waals surface area (Å²) >= 11 is 19.5. The minimum absolute atomic E-state index is 0.446. The van der Waals surface area contributed by atoms with Crippen LogP contribution in [0.5, 0.6) is 0 Å². The fourth-order valence-corrected chi connectivity index (χ4v) is 8.05. The number of hydrogen-bond donors (Lipinski definition) is 0. The van der Waals surface area contributed by atoms with Crippen molar-refractivity contribution in [2.45, 2.75) is 83.1 Å². The van der Waals surface area contributed by atoms with Crippen molar-refractivity contribution in [3.63, 3.8) is 0 Å². The third-order valence-corrected chi connectivity index (χ3v) is 16.1. The summed E-state index contributed by atoms with van der Waals surface area (Å²) in [6.07, 6.45) is 17.0. The van der Waals surface area contributed by atoms with Crippen molar-refractivity contribution in [3.05, 3.63) is 0 Å². The fraction of sp³-hybridized carbons (Fsp3) is 1.00. The monoisotopic (exact) mass is 1410 g/mol. The van der Waals surface area contributed by atoms with Gasteiger partial charge >= 0.3 is 145 Å². The van der Waals surface area contributed by atoms with Crippen molar-refractivity contribution in [2.24, 2.45) is 0 Å². The molecule has 0 aromatic heterocycles. The van der Waals surface area contributed by atoms with Gasteiger partial charge in [-0.3, -0.25) is 0 Å². The van der Waals surface area contributed by atoms with E-state index in [1.807, 2.05) is 76.1 Å². The topological polar surface area (TPSA) is 0 Å². The van der Waals surface area contributed by atoms with Crippen molar-refractivity contribution in [1.82, 2.24) is 0 Å². The molecular formula is C24H60Ag4I4P4. The molecule has 0 heterocycles. The molecule has 36 heavy (non-hydrogen) atoms. The Morgan fingerprint density at radius 2 is 0.306 bits per heavy atom. The molecule has 0 nitrogen and oxygen atoms in total. The zero-order valence-corrected chi connectivity index (χ0v) is 43.1. The van der Waals surface area contributed by atoms with E-state index in [2.05, 4.69) is 152 Å². The Labute approximate surface area is 327 Å². The second kappa shape index (κ2) is 73.8. The average molecular weight is 1410 g/mol. The van der Waals surface area contributed by atoms with Gasteiger partial charge in [0.2, 0.25) is 0 Å². The Bertz CT molecular complexity index is 186. The first-order valence-corrected chi connectivity index (χ1v) is 38.0. The van der Waals surface area contributed by atoms with Gasteiger partial charge in [-0.15, -0.1) is 31.7 Å². The maximum atomic E-state index is 2.92. The number of hydrogen-bond acceptors (Lipinski definition) is 0. The molecule has 0 aromatic carbocycles. The van der Waals surface area contributed by atoms with Crippen LogP contribution in [0.2, 0.25) is 0 Å². The van der Waals surface area contributed by atoms with Gasteiger partial charge < -0.3 is 0 Å². The molecule has 0 amide bonds. The zero-order valence-electron chi connectivity index (χ0n) is 25.0. The summed E-state index contributed by atoms with van der Waals surface area (Å²) in [7, 11) is 1.78. The van der Waals surface area contributed by atoms with Gasteiger partial charge in [0.25, 0.3) is 0 Å². The molecule has 0 fully saturated rings. The Morgan fingerprint density at radius 1 is 0.250 bits per heavy atom. The van der Waals surface area contributed by atoms with Crippen molar-refractivity contribution in [2.75, 3.05) is 73.9 Å². The second-order valence-corrected chi connectivity index (χ2v) is 19.4. The van der Waals surface area contributed by atoms with Crippen LogP contribution in [-0.4, -0.2) is 73.9 Å². The van der Waals surface area contributed by atoms with Crippen LogP contribution in [-0.2, 0) is 69.0 Å². The Hall–Kier alpha value is 7.60. The van der Waals surface area contributed by atoms with Crippen molar-refractivity contribution >= 4 is 108 Å². The normalized spacial score (nSPS) is 8.78. The molecule has 0 unspecified atom stereocenters. The molecule has 0 aliphatic heterocycles. The molecule has 0 bridgehead atoms. The van der Waals surface area contributed by atoms with Crippen molar-refractivity contribution in [1.29, 1.82) is 0 Å². The van der Waals surface area contributed by atoms with E-state index in [9.17, 15) is 0 Å². The van der Waals surface area contributed by atoms with Crippen LogP contribution in [0.15, 0.2) is 0 Å². The summed E-state index contributed by atoms with van der Waals surface area (Å²) in [6, 6.07) is 0. The van der Waals surface area contributed by atoms with Crippen molar-refractivity contribution < 1.29 is 69.0 Å². The summed E-state index contributed by atoms with van der Waals surface area (Å²) in [5.74, 6) is 0.